The highest BCUT2D eigenvalue weighted by molar-refractivity contribution is 5.72. The molecular formula is C11H18O4. The lowest BCUT2D eigenvalue weighted by Crippen LogP contribution is -2.47. The maximum Gasteiger partial charge on any atom is 0.145 e. The molecule has 0 spiro atoms. The van der Waals surface area contributed by atoms with Gasteiger partial charge in [0.25, 0.3) is 0 Å². The summed E-state index contributed by atoms with van der Waals surface area (Å²) in [4.78, 5) is 10.5. The average molecular weight is 214 g/mol. The minimum absolute atomic E-state index is 0.474. The van der Waals surface area contributed by atoms with Crippen LogP contribution in [0.2, 0.25) is 0 Å². The van der Waals surface area contributed by atoms with Gasteiger partial charge in [-0.1, -0.05) is 0 Å². The summed E-state index contributed by atoms with van der Waals surface area (Å²) in [5.74, 6) is 0. The summed E-state index contributed by atoms with van der Waals surface area (Å²) in [5.41, 5.74) is -1.83. The third kappa shape index (κ3) is 1.97. The fourth-order valence-corrected chi connectivity index (χ4v) is 1.97. The van der Waals surface area contributed by atoms with Crippen molar-refractivity contribution in [2.45, 2.75) is 51.1 Å². The maximum atomic E-state index is 10.5. The fourth-order valence-electron chi connectivity index (χ4n) is 1.97. The van der Waals surface area contributed by atoms with Gasteiger partial charge in [0.1, 0.15) is 23.6 Å². The zero-order valence-corrected chi connectivity index (χ0v) is 9.52. The summed E-state index contributed by atoms with van der Waals surface area (Å²) in [6, 6.07) is 0. The molecule has 1 rings (SSSR count). The lowest BCUT2D eigenvalue weighted by atomic mass is 9.86. The van der Waals surface area contributed by atoms with Crippen LogP contribution in [0, 0.1) is 0 Å². The van der Waals surface area contributed by atoms with Crippen molar-refractivity contribution in [1.82, 2.24) is 0 Å². The van der Waals surface area contributed by atoms with Gasteiger partial charge in [0.15, 0.2) is 0 Å². The smallest absolute Gasteiger partial charge is 0.145 e. The number of carbonyl (C=O) groups excluding carboxylic acids is 1. The molecule has 2 N–H and O–H groups in total. The Morgan fingerprint density at radius 1 is 1.47 bits per heavy atom. The molecule has 0 aliphatic carbocycles. The van der Waals surface area contributed by atoms with Gasteiger partial charge in [0, 0.05) is 0 Å². The minimum atomic E-state index is -1.30. The SMILES string of the molecule is C/C(C=O)=C\C1(C)OC(C)C(C)(O)C1O. The third-order valence-corrected chi connectivity index (χ3v) is 3.05. The maximum absolute atomic E-state index is 10.5. The molecule has 0 radical (unpaired) electrons. The number of aldehydes is 1. The zero-order chi connectivity index (χ0) is 11.9. The van der Waals surface area contributed by atoms with Crippen molar-refractivity contribution in [2.75, 3.05) is 0 Å². The van der Waals surface area contributed by atoms with Crippen LogP contribution in [0.15, 0.2) is 11.6 Å². The van der Waals surface area contributed by atoms with E-state index < -0.39 is 23.4 Å². The number of hydrogen-bond donors (Lipinski definition) is 2. The standard InChI is InChI=1S/C11H18O4/c1-7(6-12)5-10(3)9(13)11(4,14)8(2)15-10/h5-6,8-9,13-14H,1-4H3/b7-5+. The number of rotatable bonds is 2. The van der Waals surface area contributed by atoms with Crippen molar-refractivity contribution in [3.8, 4) is 0 Å². The molecule has 4 heteroatoms. The highest BCUT2D eigenvalue weighted by Gasteiger charge is 2.55. The molecule has 15 heavy (non-hydrogen) atoms. The van der Waals surface area contributed by atoms with Crippen molar-refractivity contribution in [1.29, 1.82) is 0 Å². The largest absolute Gasteiger partial charge is 0.387 e. The molecule has 0 saturated carbocycles. The number of ether oxygens (including phenoxy) is 1. The van der Waals surface area contributed by atoms with E-state index in [9.17, 15) is 15.0 Å². The van der Waals surface area contributed by atoms with Crippen LogP contribution in [-0.2, 0) is 9.53 Å². The van der Waals surface area contributed by atoms with Crippen LogP contribution >= 0.6 is 0 Å². The summed E-state index contributed by atoms with van der Waals surface area (Å²) in [7, 11) is 0. The predicted molar refractivity (Wildman–Crippen MR) is 55.4 cm³/mol. The number of carbonyl (C=O) groups is 1. The van der Waals surface area contributed by atoms with Crippen molar-refractivity contribution >= 4 is 6.29 Å². The molecule has 4 unspecified atom stereocenters. The Kier molecular flexibility index (Phi) is 3.05. The predicted octanol–water partition coefficient (Wildman–Crippen LogP) is 0.421. The third-order valence-electron chi connectivity index (χ3n) is 3.05. The lowest BCUT2D eigenvalue weighted by molar-refractivity contribution is -0.105. The number of aliphatic hydroxyl groups excluding tert-OH is 1. The normalized spacial score (nSPS) is 46.9. The Morgan fingerprint density at radius 2 is 2.00 bits per heavy atom. The van der Waals surface area contributed by atoms with Crippen molar-refractivity contribution in [2.24, 2.45) is 0 Å². The summed E-state index contributed by atoms with van der Waals surface area (Å²) in [5, 5.41) is 19.9. The molecule has 1 aliphatic rings. The van der Waals surface area contributed by atoms with E-state index in [-0.39, 0.29) is 0 Å². The van der Waals surface area contributed by atoms with Crippen LogP contribution in [0.4, 0.5) is 0 Å². The van der Waals surface area contributed by atoms with E-state index in [2.05, 4.69) is 0 Å². The van der Waals surface area contributed by atoms with E-state index in [1.807, 2.05) is 0 Å². The fraction of sp³-hybridized carbons (Fsp3) is 0.727. The Hall–Kier alpha value is -0.710. The molecule has 4 nitrogen and oxygen atoms in total. The van der Waals surface area contributed by atoms with Crippen molar-refractivity contribution in [3.63, 3.8) is 0 Å². The summed E-state index contributed by atoms with van der Waals surface area (Å²) < 4.78 is 5.51. The van der Waals surface area contributed by atoms with Crippen LogP contribution in [-0.4, -0.2) is 39.9 Å². The highest BCUT2D eigenvalue weighted by atomic mass is 16.6. The molecule has 0 aromatic heterocycles. The molecule has 1 fully saturated rings. The van der Waals surface area contributed by atoms with Gasteiger partial charge in [-0.25, -0.2) is 0 Å². The van der Waals surface area contributed by atoms with Gasteiger partial charge in [-0.15, -0.1) is 0 Å². The molecule has 0 aromatic carbocycles. The summed E-state index contributed by atoms with van der Waals surface area (Å²) in [6.45, 7) is 6.50. The Balaban J connectivity index is 3.03. The lowest BCUT2D eigenvalue weighted by Gasteiger charge is -2.28. The summed E-state index contributed by atoms with van der Waals surface area (Å²) >= 11 is 0. The zero-order valence-electron chi connectivity index (χ0n) is 9.52. The first-order chi connectivity index (χ1) is 6.74. The quantitative estimate of drug-likeness (QED) is 0.516. The molecule has 4 atom stereocenters. The van der Waals surface area contributed by atoms with Crippen molar-refractivity contribution < 1.29 is 19.7 Å². The molecule has 1 saturated heterocycles. The van der Waals surface area contributed by atoms with Gasteiger partial charge in [-0.3, -0.25) is 4.79 Å². The van der Waals surface area contributed by atoms with E-state index in [1.165, 1.54) is 6.92 Å². The van der Waals surface area contributed by atoms with E-state index in [1.54, 1.807) is 26.8 Å². The van der Waals surface area contributed by atoms with Crippen LogP contribution in [0.1, 0.15) is 27.7 Å². The summed E-state index contributed by atoms with van der Waals surface area (Å²) in [6.07, 6.45) is 0.713. The number of hydrogen-bond acceptors (Lipinski definition) is 4. The second kappa shape index (κ2) is 3.70. The van der Waals surface area contributed by atoms with Gasteiger partial charge in [-0.05, 0) is 39.3 Å². The second-order valence-electron chi connectivity index (χ2n) is 4.58. The van der Waals surface area contributed by atoms with Crippen LogP contribution < -0.4 is 0 Å². The first-order valence-corrected chi connectivity index (χ1v) is 4.97. The average Bonchev–Trinajstić information content (AvgIpc) is 2.28. The Morgan fingerprint density at radius 3 is 2.33 bits per heavy atom. The van der Waals surface area contributed by atoms with Crippen LogP contribution in [0.25, 0.3) is 0 Å². The monoisotopic (exact) mass is 214 g/mol. The van der Waals surface area contributed by atoms with E-state index in [0.717, 1.165) is 0 Å². The second-order valence-corrected chi connectivity index (χ2v) is 4.58. The van der Waals surface area contributed by atoms with Gasteiger partial charge in [0.05, 0.1) is 6.10 Å². The highest BCUT2D eigenvalue weighted by Crippen LogP contribution is 2.39. The van der Waals surface area contributed by atoms with E-state index in [4.69, 9.17) is 4.74 Å². The molecular weight excluding hydrogens is 196 g/mol. The van der Waals surface area contributed by atoms with E-state index >= 15 is 0 Å². The van der Waals surface area contributed by atoms with Crippen LogP contribution in [0.5, 0.6) is 0 Å². The minimum Gasteiger partial charge on any atom is -0.387 e. The van der Waals surface area contributed by atoms with Crippen molar-refractivity contribution in [3.05, 3.63) is 11.6 Å². The Labute approximate surface area is 89.6 Å². The molecule has 0 aromatic rings. The molecule has 0 amide bonds. The molecule has 86 valence electrons. The topological polar surface area (TPSA) is 66.8 Å². The first-order valence-electron chi connectivity index (χ1n) is 4.97. The van der Waals surface area contributed by atoms with Gasteiger partial charge >= 0.3 is 0 Å². The first kappa shape index (κ1) is 12.4. The van der Waals surface area contributed by atoms with Gasteiger partial charge in [-0.2, -0.15) is 0 Å². The van der Waals surface area contributed by atoms with Crippen LogP contribution in [0.3, 0.4) is 0 Å². The van der Waals surface area contributed by atoms with Gasteiger partial charge in [0.2, 0.25) is 0 Å². The number of allylic oxidation sites excluding steroid dienone is 1. The molecule has 1 aliphatic heterocycles. The van der Waals surface area contributed by atoms with E-state index in [0.29, 0.717) is 11.9 Å². The number of aliphatic hydroxyl groups is 2. The Bertz CT molecular complexity index is 295. The molecule has 1 heterocycles. The van der Waals surface area contributed by atoms with Gasteiger partial charge < -0.3 is 14.9 Å². The molecule has 0 bridgehead atoms.